The number of rotatable bonds is 5. The number of nitrogens with zero attached hydrogens (tertiary/aromatic N) is 1. The number of hydrogen-bond donors (Lipinski definition) is 0. The van der Waals surface area contributed by atoms with Gasteiger partial charge in [-0.1, -0.05) is 11.7 Å². The Labute approximate surface area is 78.2 Å². The summed E-state index contributed by atoms with van der Waals surface area (Å²) in [4.78, 5) is 15.8. The first-order chi connectivity index (χ1) is 6.07. The maximum Gasteiger partial charge on any atom is 0.336 e. The van der Waals surface area contributed by atoms with Gasteiger partial charge < -0.3 is 9.57 Å². The van der Waals surface area contributed by atoms with E-state index in [0.717, 1.165) is 5.71 Å². The molecule has 0 heterocycles. The van der Waals surface area contributed by atoms with Crippen molar-refractivity contribution >= 4 is 11.7 Å². The monoisotopic (exact) mass is 185 g/mol. The molecule has 0 amide bonds. The topological polar surface area (TPSA) is 47.9 Å². The summed E-state index contributed by atoms with van der Waals surface area (Å²) in [5.74, 6) is -0.438. The highest BCUT2D eigenvalue weighted by Gasteiger charge is 2.07. The van der Waals surface area contributed by atoms with Gasteiger partial charge in [-0.25, -0.2) is 4.79 Å². The van der Waals surface area contributed by atoms with Crippen LogP contribution in [0.1, 0.15) is 20.8 Å². The van der Waals surface area contributed by atoms with E-state index in [-0.39, 0.29) is 12.2 Å². The molecule has 0 unspecified atom stereocenters. The molecule has 74 valence electrons. The van der Waals surface area contributed by atoms with Gasteiger partial charge in [-0.05, 0) is 20.8 Å². The van der Waals surface area contributed by atoms with Crippen molar-refractivity contribution in [2.45, 2.75) is 20.8 Å². The summed E-state index contributed by atoms with van der Waals surface area (Å²) < 4.78 is 4.69. The molecule has 0 saturated carbocycles. The maximum atomic E-state index is 11.0. The molecule has 0 rings (SSSR count). The lowest BCUT2D eigenvalue weighted by atomic mass is 10.3. The first-order valence-corrected chi connectivity index (χ1v) is 4.06. The van der Waals surface area contributed by atoms with E-state index in [1.807, 2.05) is 0 Å². The van der Waals surface area contributed by atoms with Crippen LogP contribution in [-0.4, -0.2) is 24.9 Å². The zero-order valence-corrected chi connectivity index (χ0v) is 8.29. The van der Waals surface area contributed by atoms with Gasteiger partial charge >= 0.3 is 5.97 Å². The summed E-state index contributed by atoms with van der Waals surface area (Å²) in [6, 6.07) is 0. The molecular weight excluding hydrogens is 170 g/mol. The van der Waals surface area contributed by atoms with E-state index in [4.69, 9.17) is 9.57 Å². The van der Waals surface area contributed by atoms with Gasteiger partial charge in [-0.2, -0.15) is 0 Å². The molecule has 0 saturated heterocycles. The fourth-order valence-corrected chi connectivity index (χ4v) is 0.531. The van der Waals surface area contributed by atoms with Crippen LogP contribution in [0.5, 0.6) is 0 Å². The Morgan fingerprint density at radius 3 is 2.54 bits per heavy atom. The van der Waals surface area contributed by atoms with Crippen molar-refractivity contribution in [1.29, 1.82) is 0 Å². The molecule has 13 heavy (non-hydrogen) atoms. The van der Waals surface area contributed by atoms with Crippen LogP contribution in [-0.2, 0) is 14.4 Å². The number of ether oxygens (including phenoxy) is 1. The second kappa shape index (κ2) is 6.22. The van der Waals surface area contributed by atoms with Crippen LogP contribution >= 0.6 is 0 Å². The average Bonchev–Trinajstić information content (AvgIpc) is 2.04. The third-order valence-corrected chi connectivity index (χ3v) is 1.05. The quantitative estimate of drug-likeness (QED) is 0.282. The normalized spacial score (nSPS) is 8.85. The van der Waals surface area contributed by atoms with E-state index in [0.29, 0.717) is 6.61 Å². The third-order valence-electron chi connectivity index (χ3n) is 1.05. The summed E-state index contributed by atoms with van der Waals surface area (Å²) in [5.41, 5.74) is 1.06. The fraction of sp³-hybridized carbons (Fsp3) is 0.556. The maximum absolute atomic E-state index is 11.0. The van der Waals surface area contributed by atoms with Crippen molar-refractivity contribution in [2.75, 3.05) is 13.2 Å². The van der Waals surface area contributed by atoms with Crippen LogP contribution in [0.4, 0.5) is 0 Å². The van der Waals surface area contributed by atoms with Crippen LogP contribution in [0.15, 0.2) is 17.3 Å². The molecule has 0 fully saturated rings. The number of carbonyl (C=O) groups is 1. The first-order valence-electron chi connectivity index (χ1n) is 4.06. The smallest absolute Gasteiger partial charge is 0.336 e. The minimum absolute atomic E-state index is 0.0734. The fourth-order valence-electron chi connectivity index (χ4n) is 0.531. The first kappa shape index (κ1) is 11.7. The molecule has 0 spiro atoms. The SMILES string of the molecule is C=C(CON=C(C)C)C(=O)OCC. The average molecular weight is 185 g/mol. The highest BCUT2D eigenvalue weighted by molar-refractivity contribution is 5.88. The van der Waals surface area contributed by atoms with Crippen LogP contribution in [0.3, 0.4) is 0 Å². The van der Waals surface area contributed by atoms with Crippen molar-refractivity contribution in [2.24, 2.45) is 5.16 Å². The molecule has 0 aromatic heterocycles. The van der Waals surface area contributed by atoms with Gasteiger partial charge in [0.15, 0.2) is 0 Å². The Balaban J connectivity index is 3.75. The Morgan fingerprint density at radius 2 is 2.08 bits per heavy atom. The standard InChI is InChI=1S/C9H15NO3/c1-5-12-9(11)8(4)6-13-10-7(2)3/h4-6H2,1-3H3. The van der Waals surface area contributed by atoms with E-state index in [1.165, 1.54) is 0 Å². The molecule has 0 aliphatic carbocycles. The minimum Gasteiger partial charge on any atom is -0.463 e. The molecule has 0 N–H and O–H groups in total. The molecule has 0 radical (unpaired) electrons. The number of carbonyl (C=O) groups excluding carboxylic acids is 1. The predicted octanol–water partition coefficient (Wildman–Crippen LogP) is 1.52. The lowest BCUT2D eigenvalue weighted by Crippen LogP contribution is -2.10. The van der Waals surface area contributed by atoms with Gasteiger partial charge in [0.1, 0.15) is 6.61 Å². The van der Waals surface area contributed by atoms with E-state index in [9.17, 15) is 4.79 Å². The summed E-state index contributed by atoms with van der Waals surface area (Å²) >= 11 is 0. The van der Waals surface area contributed by atoms with Crippen molar-refractivity contribution in [1.82, 2.24) is 0 Å². The molecule has 0 atom stereocenters. The molecule has 0 aromatic carbocycles. The highest BCUT2D eigenvalue weighted by atomic mass is 16.6. The Kier molecular flexibility index (Phi) is 5.59. The molecule has 4 nitrogen and oxygen atoms in total. The summed E-state index contributed by atoms with van der Waals surface area (Å²) in [6.07, 6.45) is 0. The van der Waals surface area contributed by atoms with Gasteiger partial charge in [0, 0.05) is 0 Å². The molecular formula is C9H15NO3. The molecule has 0 aromatic rings. The predicted molar refractivity (Wildman–Crippen MR) is 50.5 cm³/mol. The Morgan fingerprint density at radius 1 is 1.46 bits per heavy atom. The van der Waals surface area contributed by atoms with Crippen LogP contribution in [0.2, 0.25) is 0 Å². The van der Waals surface area contributed by atoms with E-state index in [2.05, 4.69) is 11.7 Å². The van der Waals surface area contributed by atoms with Gasteiger partial charge in [0.2, 0.25) is 0 Å². The van der Waals surface area contributed by atoms with Gasteiger partial charge in [-0.3, -0.25) is 0 Å². The summed E-state index contributed by atoms with van der Waals surface area (Å²) in [5, 5.41) is 3.66. The van der Waals surface area contributed by atoms with Crippen molar-refractivity contribution in [3.05, 3.63) is 12.2 Å². The number of oxime groups is 1. The van der Waals surface area contributed by atoms with E-state index < -0.39 is 5.97 Å². The second-order valence-corrected chi connectivity index (χ2v) is 2.64. The number of hydrogen-bond acceptors (Lipinski definition) is 4. The summed E-state index contributed by atoms with van der Waals surface area (Å²) in [6.45, 7) is 9.25. The Hall–Kier alpha value is -1.32. The van der Waals surface area contributed by atoms with Crippen LogP contribution < -0.4 is 0 Å². The lowest BCUT2D eigenvalue weighted by Gasteiger charge is -2.03. The Bertz CT molecular complexity index is 217. The third kappa shape index (κ3) is 5.90. The largest absolute Gasteiger partial charge is 0.463 e. The van der Waals surface area contributed by atoms with Gasteiger partial charge in [0.05, 0.1) is 17.9 Å². The second-order valence-electron chi connectivity index (χ2n) is 2.64. The van der Waals surface area contributed by atoms with Crippen LogP contribution in [0, 0.1) is 0 Å². The van der Waals surface area contributed by atoms with Crippen molar-refractivity contribution < 1.29 is 14.4 Å². The van der Waals surface area contributed by atoms with Crippen molar-refractivity contribution in [3.8, 4) is 0 Å². The van der Waals surface area contributed by atoms with Crippen molar-refractivity contribution in [3.63, 3.8) is 0 Å². The number of esters is 1. The zero-order chi connectivity index (χ0) is 10.3. The summed E-state index contributed by atoms with van der Waals surface area (Å²) in [7, 11) is 0. The minimum atomic E-state index is -0.438. The molecule has 0 aliphatic heterocycles. The van der Waals surface area contributed by atoms with E-state index >= 15 is 0 Å². The van der Waals surface area contributed by atoms with Gasteiger partial charge in [0.25, 0.3) is 0 Å². The molecule has 0 bridgehead atoms. The highest BCUT2D eigenvalue weighted by Crippen LogP contribution is 1.96. The molecule has 0 aliphatic rings. The molecule has 4 heteroatoms. The zero-order valence-electron chi connectivity index (χ0n) is 8.29. The van der Waals surface area contributed by atoms with E-state index in [1.54, 1.807) is 20.8 Å². The van der Waals surface area contributed by atoms with Gasteiger partial charge in [-0.15, -0.1) is 0 Å². The lowest BCUT2D eigenvalue weighted by molar-refractivity contribution is -0.139. The van der Waals surface area contributed by atoms with Crippen LogP contribution in [0.25, 0.3) is 0 Å².